The van der Waals surface area contributed by atoms with Gasteiger partial charge in [0.2, 0.25) is 6.29 Å². The average molecular weight is 167 g/mol. The van der Waals surface area contributed by atoms with Crippen molar-refractivity contribution in [2.45, 2.75) is 6.29 Å². The number of para-hydroxylation sites is 1. The molecule has 0 bridgehead atoms. The van der Waals surface area contributed by atoms with Crippen LogP contribution in [0.5, 0.6) is 5.75 Å². The van der Waals surface area contributed by atoms with Crippen molar-refractivity contribution in [3.05, 3.63) is 30.3 Å². The molecule has 0 aromatic heterocycles. The molecule has 12 heavy (non-hydrogen) atoms. The fraction of sp³-hybridized carbons (Fsp3) is 0.333. The third kappa shape index (κ3) is 2.90. The Morgan fingerprint density at radius 3 is 2.58 bits per heavy atom. The van der Waals surface area contributed by atoms with Crippen molar-refractivity contribution >= 4 is 0 Å². The van der Waals surface area contributed by atoms with Gasteiger partial charge in [0.15, 0.2) is 0 Å². The molecule has 0 fully saturated rings. The third-order valence-electron chi connectivity index (χ3n) is 1.39. The predicted octanol–water partition coefficient (Wildman–Crippen LogP) is 1.47. The first-order valence-electron chi connectivity index (χ1n) is 3.69. The average Bonchev–Trinajstić information content (AvgIpc) is 2.16. The van der Waals surface area contributed by atoms with Gasteiger partial charge in [-0.15, -0.1) is 0 Å². The molecule has 0 heterocycles. The van der Waals surface area contributed by atoms with Crippen LogP contribution in [-0.4, -0.2) is 20.0 Å². The van der Waals surface area contributed by atoms with E-state index in [2.05, 4.69) is 4.74 Å². The van der Waals surface area contributed by atoms with Crippen molar-refractivity contribution < 1.29 is 14.6 Å². The van der Waals surface area contributed by atoms with Gasteiger partial charge in [-0.2, -0.15) is 5.11 Å². The molecule has 3 nitrogen and oxygen atoms in total. The second-order valence-corrected chi connectivity index (χ2v) is 2.29. The highest BCUT2D eigenvalue weighted by Crippen LogP contribution is 2.08. The summed E-state index contributed by atoms with van der Waals surface area (Å²) in [7, 11) is 1.37. The number of methoxy groups -OCH3 is 1. The van der Waals surface area contributed by atoms with Crippen molar-refractivity contribution in [2.24, 2.45) is 0 Å². The summed E-state index contributed by atoms with van der Waals surface area (Å²) in [5, 5.41) is 10.7. The summed E-state index contributed by atoms with van der Waals surface area (Å²) in [6, 6.07) is 9.17. The summed E-state index contributed by atoms with van der Waals surface area (Å²) < 4.78 is 9.61. The van der Waals surface area contributed by atoms with E-state index in [0.29, 0.717) is 5.75 Å². The highest BCUT2D eigenvalue weighted by Gasteiger charge is 2.03. The zero-order valence-corrected chi connectivity index (χ0v) is 6.90. The van der Waals surface area contributed by atoms with Gasteiger partial charge < -0.3 is 9.47 Å². The van der Waals surface area contributed by atoms with E-state index in [0.717, 1.165) is 0 Å². The van der Waals surface area contributed by atoms with Gasteiger partial charge in [0, 0.05) is 7.11 Å². The van der Waals surface area contributed by atoms with Gasteiger partial charge in [-0.25, -0.2) is 0 Å². The fourth-order valence-corrected chi connectivity index (χ4v) is 0.749. The number of hydrogen-bond acceptors (Lipinski definition) is 2. The van der Waals surface area contributed by atoms with Gasteiger partial charge in [-0.3, -0.25) is 0 Å². The van der Waals surface area contributed by atoms with E-state index < -0.39 is 6.29 Å². The normalized spacial score (nSPS) is 12.5. The second kappa shape index (κ2) is 4.74. The molecule has 1 aromatic carbocycles. The van der Waals surface area contributed by atoms with E-state index in [9.17, 15) is 5.11 Å². The molecule has 0 amide bonds. The second-order valence-electron chi connectivity index (χ2n) is 2.29. The van der Waals surface area contributed by atoms with Gasteiger partial charge >= 0.3 is 0 Å². The smallest absolute Gasteiger partial charge is 0.225 e. The lowest BCUT2D eigenvalue weighted by atomic mass is 10.3. The van der Waals surface area contributed by atoms with E-state index in [-0.39, 0.29) is 6.61 Å². The molecule has 0 aliphatic carbocycles. The highest BCUT2D eigenvalue weighted by atomic mass is 16.6. The Bertz CT molecular complexity index is 210. The quantitative estimate of drug-likeness (QED) is 0.637. The predicted molar refractivity (Wildman–Crippen MR) is 43.4 cm³/mol. The molecule has 1 unspecified atom stereocenters. The van der Waals surface area contributed by atoms with Crippen LogP contribution in [0.1, 0.15) is 0 Å². The van der Waals surface area contributed by atoms with Gasteiger partial charge in [-0.1, -0.05) is 18.2 Å². The Hall–Kier alpha value is -1.06. The summed E-state index contributed by atoms with van der Waals surface area (Å²) in [5.41, 5.74) is 0. The van der Waals surface area contributed by atoms with Gasteiger partial charge in [0.25, 0.3) is 0 Å². The lowest BCUT2D eigenvalue weighted by Gasteiger charge is -2.07. The first-order valence-corrected chi connectivity index (χ1v) is 3.69. The number of hydrogen-bond donors (Lipinski definition) is 0. The van der Waals surface area contributed by atoms with E-state index in [1.165, 1.54) is 7.11 Å². The van der Waals surface area contributed by atoms with Crippen LogP contribution in [-0.2, 0) is 9.84 Å². The Kier molecular flexibility index (Phi) is 3.57. The van der Waals surface area contributed by atoms with Crippen LogP contribution in [0.3, 0.4) is 0 Å². The first kappa shape index (κ1) is 9.03. The zero-order valence-electron chi connectivity index (χ0n) is 6.90. The van der Waals surface area contributed by atoms with Crippen molar-refractivity contribution in [2.75, 3.05) is 13.7 Å². The summed E-state index contributed by atoms with van der Waals surface area (Å²) in [4.78, 5) is 0. The van der Waals surface area contributed by atoms with Crippen LogP contribution in [0.25, 0.3) is 0 Å². The van der Waals surface area contributed by atoms with Crippen molar-refractivity contribution in [3.63, 3.8) is 0 Å². The number of benzene rings is 1. The molecule has 65 valence electrons. The monoisotopic (exact) mass is 167 g/mol. The Morgan fingerprint density at radius 2 is 2.00 bits per heavy atom. The molecule has 0 saturated carbocycles. The Balaban J connectivity index is 2.33. The number of rotatable bonds is 4. The van der Waals surface area contributed by atoms with Crippen LogP contribution in [0, 0.1) is 0 Å². The molecule has 0 aliphatic rings. The van der Waals surface area contributed by atoms with E-state index >= 15 is 0 Å². The summed E-state index contributed by atoms with van der Waals surface area (Å²) >= 11 is 0. The van der Waals surface area contributed by atoms with E-state index in [4.69, 9.17) is 4.74 Å². The van der Waals surface area contributed by atoms with Crippen LogP contribution < -0.4 is 4.74 Å². The number of ether oxygens (including phenoxy) is 2. The fourth-order valence-electron chi connectivity index (χ4n) is 0.749. The molecule has 0 saturated heterocycles. The molecule has 1 rings (SSSR count). The lowest BCUT2D eigenvalue weighted by Crippen LogP contribution is -2.17. The van der Waals surface area contributed by atoms with Crippen molar-refractivity contribution in [1.82, 2.24) is 0 Å². The van der Waals surface area contributed by atoms with Crippen LogP contribution in [0.4, 0.5) is 0 Å². The topological polar surface area (TPSA) is 38.4 Å². The molecular weight excluding hydrogens is 156 g/mol. The Morgan fingerprint density at radius 1 is 1.33 bits per heavy atom. The molecule has 0 N–H and O–H groups in total. The largest absolute Gasteiger partial charge is 0.488 e. The van der Waals surface area contributed by atoms with E-state index in [1.54, 1.807) is 12.1 Å². The van der Waals surface area contributed by atoms with Gasteiger partial charge in [-0.05, 0) is 12.1 Å². The van der Waals surface area contributed by atoms with Gasteiger partial charge in [0.05, 0.1) is 0 Å². The molecular formula is C9H11O3. The lowest BCUT2D eigenvalue weighted by molar-refractivity contribution is -0.138. The SMILES string of the molecule is COC([O])COc1ccccc1. The van der Waals surface area contributed by atoms with Crippen molar-refractivity contribution in [3.8, 4) is 5.75 Å². The van der Waals surface area contributed by atoms with Crippen molar-refractivity contribution in [1.29, 1.82) is 0 Å². The maximum absolute atomic E-state index is 10.7. The zero-order chi connectivity index (χ0) is 8.81. The molecule has 1 aromatic rings. The molecule has 1 atom stereocenters. The standard InChI is InChI=1S/C9H11O3/c1-11-9(10)7-12-8-5-3-2-4-6-8/h2-6,9H,7H2,1H3. The van der Waals surface area contributed by atoms with Crippen LogP contribution >= 0.6 is 0 Å². The minimum Gasteiger partial charge on any atom is -0.488 e. The summed E-state index contributed by atoms with van der Waals surface area (Å²) in [6.45, 7) is 0.0422. The molecule has 1 radical (unpaired) electrons. The minimum atomic E-state index is -1.11. The third-order valence-corrected chi connectivity index (χ3v) is 1.39. The van der Waals surface area contributed by atoms with Crippen LogP contribution in [0.15, 0.2) is 30.3 Å². The molecule has 0 spiro atoms. The maximum Gasteiger partial charge on any atom is 0.225 e. The molecule has 0 aliphatic heterocycles. The maximum atomic E-state index is 10.7. The summed E-state index contributed by atoms with van der Waals surface area (Å²) in [6.07, 6.45) is -1.11. The van der Waals surface area contributed by atoms with E-state index in [1.807, 2.05) is 18.2 Å². The highest BCUT2D eigenvalue weighted by molar-refractivity contribution is 5.20. The first-order chi connectivity index (χ1) is 5.83. The summed E-state index contributed by atoms with van der Waals surface area (Å²) in [5.74, 6) is 0.690. The molecule has 3 heteroatoms. The van der Waals surface area contributed by atoms with Gasteiger partial charge in [0.1, 0.15) is 12.4 Å². The minimum absolute atomic E-state index is 0.0422. The Labute approximate surface area is 71.5 Å². The van der Waals surface area contributed by atoms with Crippen LogP contribution in [0.2, 0.25) is 0 Å².